The molecule has 1 aromatic heterocycles. The molecule has 1 aromatic rings. The predicted molar refractivity (Wildman–Crippen MR) is 65.7 cm³/mol. The fourth-order valence-electron chi connectivity index (χ4n) is 1.46. The van der Waals surface area contributed by atoms with E-state index in [-0.39, 0.29) is 11.6 Å². The smallest absolute Gasteiger partial charge is 0.293 e. The molecule has 0 saturated carbocycles. The summed E-state index contributed by atoms with van der Waals surface area (Å²) in [5.74, 6) is 0.467. The van der Waals surface area contributed by atoms with Crippen molar-refractivity contribution in [2.75, 3.05) is 18.5 Å². The quantitative estimate of drug-likeness (QED) is 0.788. The average Bonchev–Trinajstić information content (AvgIpc) is 2.30. The number of rotatable bonds is 5. The Morgan fingerprint density at radius 1 is 1.62 bits per heavy atom. The second kappa shape index (κ2) is 5.65. The molecule has 5 nitrogen and oxygen atoms in total. The van der Waals surface area contributed by atoms with Crippen molar-refractivity contribution in [3.63, 3.8) is 0 Å². The molecule has 1 rings (SSSR count). The van der Waals surface area contributed by atoms with Crippen LogP contribution in [0.3, 0.4) is 0 Å². The van der Waals surface area contributed by atoms with Gasteiger partial charge in [0.05, 0.1) is 0 Å². The van der Waals surface area contributed by atoms with Gasteiger partial charge in [-0.2, -0.15) is 0 Å². The highest BCUT2D eigenvalue weighted by atomic mass is 16.1. The van der Waals surface area contributed by atoms with Crippen molar-refractivity contribution in [2.24, 2.45) is 5.73 Å². The zero-order valence-corrected chi connectivity index (χ0v) is 10.2. The van der Waals surface area contributed by atoms with Gasteiger partial charge in [0.2, 0.25) is 0 Å². The maximum atomic E-state index is 12.0. The molecule has 0 aromatic carbocycles. The third-order valence-electron chi connectivity index (χ3n) is 2.70. The van der Waals surface area contributed by atoms with Gasteiger partial charge in [-0.05, 0) is 13.3 Å². The highest BCUT2D eigenvalue weighted by Crippen LogP contribution is 2.04. The summed E-state index contributed by atoms with van der Waals surface area (Å²) in [6.07, 6.45) is 4.31. The summed E-state index contributed by atoms with van der Waals surface area (Å²) < 4.78 is 1.68. The Hall–Kier alpha value is -1.36. The first-order chi connectivity index (χ1) is 7.61. The minimum atomic E-state index is -0.0489. The first-order valence-electron chi connectivity index (χ1n) is 5.60. The molecule has 1 heterocycles. The van der Waals surface area contributed by atoms with Crippen LogP contribution in [0.5, 0.6) is 0 Å². The van der Waals surface area contributed by atoms with Crippen molar-refractivity contribution >= 4 is 5.82 Å². The highest BCUT2D eigenvalue weighted by molar-refractivity contribution is 5.35. The fraction of sp³-hybridized carbons (Fsp3) is 0.636. The molecule has 1 atom stereocenters. The largest absolute Gasteiger partial charge is 0.351 e. The van der Waals surface area contributed by atoms with Crippen LogP contribution in [0, 0.1) is 0 Å². The lowest BCUT2D eigenvalue weighted by Gasteiger charge is -2.24. The number of aryl methyl sites for hydroxylation is 1. The van der Waals surface area contributed by atoms with E-state index >= 15 is 0 Å². The Bertz CT molecular complexity index is 388. The van der Waals surface area contributed by atoms with E-state index in [9.17, 15) is 4.79 Å². The minimum absolute atomic E-state index is 0.0489. The fourth-order valence-corrected chi connectivity index (χ4v) is 1.46. The van der Waals surface area contributed by atoms with E-state index in [1.807, 2.05) is 25.8 Å². The molecular formula is C11H20N4O. The van der Waals surface area contributed by atoms with E-state index in [1.54, 1.807) is 17.0 Å². The van der Waals surface area contributed by atoms with Gasteiger partial charge >= 0.3 is 0 Å². The topological polar surface area (TPSA) is 64.2 Å². The molecule has 0 aliphatic carbocycles. The van der Waals surface area contributed by atoms with Crippen molar-refractivity contribution in [3.8, 4) is 0 Å². The van der Waals surface area contributed by atoms with Gasteiger partial charge in [-0.1, -0.05) is 6.92 Å². The Kier molecular flexibility index (Phi) is 4.49. The van der Waals surface area contributed by atoms with Crippen LogP contribution in [0.4, 0.5) is 5.82 Å². The van der Waals surface area contributed by atoms with Crippen LogP contribution in [0.15, 0.2) is 17.2 Å². The van der Waals surface area contributed by atoms with Gasteiger partial charge in [0.1, 0.15) is 0 Å². The van der Waals surface area contributed by atoms with Crippen molar-refractivity contribution in [3.05, 3.63) is 22.7 Å². The van der Waals surface area contributed by atoms with Crippen LogP contribution in [-0.2, 0) is 6.54 Å². The van der Waals surface area contributed by atoms with Crippen LogP contribution < -0.4 is 16.2 Å². The van der Waals surface area contributed by atoms with Crippen LogP contribution in [0.2, 0.25) is 0 Å². The minimum Gasteiger partial charge on any atom is -0.351 e. The number of aromatic nitrogens is 2. The maximum Gasteiger partial charge on any atom is 0.293 e. The first-order valence-corrected chi connectivity index (χ1v) is 5.60. The molecule has 90 valence electrons. The molecule has 0 aliphatic rings. The number of hydrogen-bond donors (Lipinski definition) is 1. The zero-order valence-electron chi connectivity index (χ0n) is 10.2. The van der Waals surface area contributed by atoms with Crippen LogP contribution in [-0.4, -0.2) is 29.2 Å². The average molecular weight is 224 g/mol. The lowest BCUT2D eigenvalue weighted by atomic mass is 10.3. The predicted octanol–water partition coefficient (Wildman–Crippen LogP) is 0.437. The van der Waals surface area contributed by atoms with Gasteiger partial charge in [-0.3, -0.25) is 4.79 Å². The number of likely N-dealkylation sites (N-methyl/N-ethyl adjacent to an activating group) is 1. The van der Waals surface area contributed by atoms with Crippen LogP contribution in [0.1, 0.15) is 20.3 Å². The van der Waals surface area contributed by atoms with Gasteiger partial charge in [0.25, 0.3) is 5.56 Å². The monoisotopic (exact) mass is 224 g/mol. The summed E-state index contributed by atoms with van der Waals surface area (Å²) in [5.41, 5.74) is 5.53. The van der Waals surface area contributed by atoms with E-state index in [2.05, 4.69) is 4.98 Å². The maximum absolute atomic E-state index is 12.0. The van der Waals surface area contributed by atoms with Gasteiger partial charge in [0, 0.05) is 38.6 Å². The van der Waals surface area contributed by atoms with Crippen molar-refractivity contribution in [2.45, 2.75) is 32.9 Å². The SMILES string of the molecule is CCCn1ccnc(N(C)C(C)CN)c1=O. The molecule has 0 amide bonds. The lowest BCUT2D eigenvalue weighted by Crippen LogP contribution is -2.40. The molecule has 0 aliphatic heterocycles. The van der Waals surface area contributed by atoms with E-state index in [0.717, 1.165) is 13.0 Å². The Balaban J connectivity index is 3.05. The van der Waals surface area contributed by atoms with Crippen LogP contribution >= 0.6 is 0 Å². The molecular weight excluding hydrogens is 204 g/mol. The summed E-state index contributed by atoms with van der Waals surface area (Å²) in [5, 5.41) is 0. The van der Waals surface area contributed by atoms with Gasteiger partial charge < -0.3 is 15.2 Å². The first kappa shape index (κ1) is 12.7. The molecule has 0 fully saturated rings. The standard InChI is InChI=1S/C11H20N4O/c1-4-6-15-7-5-13-10(11(15)16)14(3)9(2)8-12/h5,7,9H,4,6,8,12H2,1-3H3. The normalized spacial score (nSPS) is 12.5. The number of nitrogens with zero attached hydrogens (tertiary/aromatic N) is 3. The Morgan fingerprint density at radius 3 is 2.88 bits per heavy atom. The number of nitrogens with two attached hydrogens (primary N) is 1. The summed E-state index contributed by atoms with van der Waals surface area (Å²) in [6, 6.07) is 0.109. The Morgan fingerprint density at radius 2 is 2.31 bits per heavy atom. The molecule has 0 bridgehead atoms. The van der Waals surface area contributed by atoms with Gasteiger partial charge in [0.15, 0.2) is 5.82 Å². The van der Waals surface area contributed by atoms with E-state index in [1.165, 1.54) is 0 Å². The molecule has 0 spiro atoms. The van der Waals surface area contributed by atoms with Crippen LogP contribution in [0.25, 0.3) is 0 Å². The van der Waals surface area contributed by atoms with E-state index in [0.29, 0.717) is 12.4 Å². The third kappa shape index (κ3) is 2.61. The molecule has 5 heteroatoms. The number of hydrogen-bond acceptors (Lipinski definition) is 4. The second-order valence-electron chi connectivity index (χ2n) is 3.95. The van der Waals surface area contributed by atoms with Gasteiger partial charge in [-0.25, -0.2) is 4.98 Å². The zero-order chi connectivity index (χ0) is 12.1. The molecule has 2 N–H and O–H groups in total. The summed E-state index contributed by atoms with van der Waals surface area (Å²) in [6.45, 7) is 5.23. The lowest BCUT2D eigenvalue weighted by molar-refractivity contribution is 0.629. The van der Waals surface area contributed by atoms with Crippen molar-refractivity contribution in [1.82, 2.24) is 9.55 Å². The van der Waals surface area contributed by atoms with Gasteiger partial charge in [-0.15, -0.1) is 0 Å². The Labute approximate surface area is 95.9 Å². The van der Waals surface area contributed by atoms with E-state index in [4.69, 9.17) is 5.73 Å². The molecule has 0 radical (unpaired) electrons. The summed E-state index contributed by atoms with van der Waals surface area (Å²) >= 11 is 0. The highest BCUT2D eigenvalue weighted by Gasteiger charge is 2.13. The molecule has 16 heavy (non-hydrogen) atoms. The van der Waals surface area contributed by atoms with E-state index < -0.39 is 0 Å². The summed E-state index contributed by atoms with van der Waals surface area (Å²) in [4.78, 5) is 18.0. The summed E-state index contributed by atoms with van der Waals surface area (Å²) in [7, 11) is 1.84. The second-order valence-corrected chi connectivity index (χ2v) is 3.95. The molecule has 1 unspecified atom stereocenters. The third-order valence-corrected chi connectivity index (χ3v) is 2.70. The van der Waals surface area contributed by atoms with Crippen molar-refractivity contribution in [1.29, 1.82) is 0 Å². The van der Waals surface area contributed by atoms with Crippen molar-refractivity contribution < 1.29 is 0 Å². The molecule has 0 saturated heterocycles. The number of anilines is 1.